The molecule has 1 aliphatic rings. The third kappa shape index (κ3) is 7.83. The summed E-state index contributed by atoms with van der Waals surface area (Å²) < 4.78 is 25.5. The minimum Gasteiger partial charge on any atom is -0.377 e. The average Bonchev–Trinajstić information content (AvgIpc) is 2.73. The van der Waals surface area contributed by atoms with Crippen molar-refractivity contribution in [2.45, 2.75) is 18.7 Å². The van der Waals surface area contributed by atoms with Crippen LogP contribution in [0.4, 0.5) is 16.3 Å². The largest absolute Gasteiger partial charge is 0.377 e. The van der Waals surface area contributed by atoms with E-state index in [1.807, 2.05) is 37.2 Å². The summed E-state index contributed by atoms with van der Waals surface area (Å²) in [5.74, 6) is 1.28. The lowest BCUT2D eigenvalue weighted by molar-refractivity contribution is 0.0985. The molecule has 1 fully saturated rings. The van der Waals surface area contributed by atoms with Crippen LogP contribution in [0.3, 0.4) is 0 Å². The number of carbonyl (C=O) groups is 1. The number of ether oxygens (including phenoxy) is 1. The summed E-state index contributed by atoms with van der Waals surface area (Å²) in [6.07, 6.45) is 1.41. The highest BCUT2D eigenvalue weighted by atomic mass is 32.3. The van der Waals surface area contributed by atoms with Gasteiger partial charge in [0.15, 0.2) is 5.82 Å². The van der Waals surface area contributed by atoms with Crippen LogP contribution >= 0.6 is 10.6 Å². The lowest BCUT2D eigenvalue weighted by Crippen LogP contribution is -2.44. The van der Waals surface area contributed by atoms with Crippen LogP contribution in [0.1, 0.15) is 12.6 Å². The number of hydrogen-bond acceptors (Lipinski definition) is 8. The van der Waals surface area contributed by atoms with Crippen LogP contribution in [-0.2, 0) is 10.5 Å². The summed E-state index contributed by atoms with van der Waals surface area (Å²) in [4.78, 5) is 25.5. The molecule has 1 atom stereocenters. The molecule has 1 saturated heterocycles. The Morgan fingerprint density at radius 1 is 1.27 bits per heavy atom. The Kier molecular flexibility index (Phi) is 8.49. The molecular formula is C22H34N6O4S. The molecule has 2 heterocycles. The smallest absolute Gasteiger partial charge is 0.319 e. The van der Waals surface area contributed by atoms with Crippen molar-refractivity contribution in [1.29, 1.82) is 0 Å². The molecule has 1 aliphatic heterocycles. The van der Waals surface area contributed by atoms with E-state index in [0.29, 0.717) is 43.5 Å². The molecule has 1 aromatic carbocycles. The number of hydrogen-bond donors (Lipinski definition) is 4. The van der Waals surface area contributed by atoms with E-state index in [1.54, 1.807) is 12.1 Å². The normalized spacial score (nSPS) is 17.2. The molecule has 33 heavy (non-hydrogen) atoms. The topological polar surface area (TPSA) is 123 Å². The zero-order chi connectivity index (χ0) is 24.0. The van der Waals surface area contributed by atoms with Crippen molar-refractivity contribution in [2.75, 3.05) is 63.4 Å². The monoisotopic (exact) mass is 478 g/mol. The maximum absolute atomic E-state index is 12.1. The number of aromatic nitrogens is 2. The van der Waals surface area contributed by atoms with E-state index < -0.39 is 10.6 Å². The van der Waals surface area contributed by atoms with Gasteiger partial charge in [-0.2, -0.15) is 10.6 Å². The maximum Gasteiger partial charge on any atom is 0.319 e. The highest BCUT2D eigenvalue weighted by Crippen LogP contribution is 2.38. The van der Waals surface area contributed by atoms with Crippen LogP contribution in [0.2, 0.25) is 0 Å². The van der Waals surface area contributed by atoms with E-state index in [-0.39, 0.29) is 17.8 Å². The number of likely N-dealkylation sites (N-methyl/N-ethyl adjacent to an activating group) is 1. The molecule has 0 saturated carbocycles. The average molecular weight is 479 g/mol. The van der Waals surface area contributed by atoms with Gasteiger partial charge < -0.3 is 25.2 Å². The van der Waals surface area contributed by atoms with Gasteiger partial charge in [0.25, 0.3) is 0 Å². The first kappa shape index (κ1) is 25.2. The molecule has 182 valence electrons. The standard InChI is InChI=1S/C22H34N6O4S/c1-16-14-32-12-11-28(16)20-13-19(15-33(4,30)31)24-21(26-20)17-5-7-18(8-6-17)25-22(29)23-9-10-27(2)3/h5-8,13,16,30-31H,9-12,14-15H2,1-4H3,(H2,23,25,29)/t16-/m0/s1. The fourth-order valence-corrected chi connectivity index (χ4v) is 4.16. The van der Waals surface area contributed by atoms with E-state index >= 15 is 0 Å². The number of carbonyl (C=O) groups excluding carboxylic acids is 1. The Morgan fingerprint density at radius 2 is 2.00 bits per heavy atom. The number of benzene rings is 1. The molecule has 3 rings (SSSR count). The molecule has 4 N–H and O–H groups in total. The zero-order valence-corrected chi connectivity index (χ0v) is 20.4. The quantitative estimate of drug-likeness (QED) is 0.457. The SMILES string of the molecule is C[C@H]1COCCN1c1cc(CS(C)(O)O)nc(-c2ccc(NC(=O)NCCN(C)C)cc2)n1. The van der Waals surface area contributed by atoms with Crippen molar-refractivity contribution in [3.8, 4) is 11.4 Å². The summed E-state index contributed by atoms with van der Waals surface area (Å²) in [6.45, 7) is 5.29. The van der Waals surface area contributed by atoms with Gasteiger partial charge in [-0.25, -0.2) is 14.8 Å². The number of urea groups is 1. The van der Waals surface area contributed by atoms with Crippen molar-refractivity contribution in [1.82, 2.24) is 20.2 Å². The Bertz CT molecular complexity index is 935. The van der Waals surface area contributed by atoms with Gasteiger partial charge in [-0.05, 0) is 45.3 Å². The maximum atomic E-state index is 12.1. The highest BCUT2D eigenvalue weighted by Gasteiger charge is 2.22. The van der Waals surface area contributed by atoms with Crippen molar-refractivity contribution in [3.05, 3.63) is 36.0 Å². The minimum absolute atomic E-state index is 0.0565. The number of anilines is 2. The van der Waals surface area contributed by atoms with Gasteiger partial charge in [0.2, 0.25) is 0 Å². The van der Waals surface area contributed by atoms with Gasteiger partial charge in [-0.15, -0.1) is 0 Å². The third-order valence-corrected chi connectivity index (χ3v) is 5.94. The third-order valence-electron chi connectivity index (χ3n) is 5.09. The van der Waals surface area contributed by atoms with E-state index in [1.165, 1.54) is 6.26 Å². The number of nitrogens with one attached hydrogen (secondary N) is 2. The minimum atomic E-state index is -2.76. The Hall–Kier alpha value is -2.44. The van der Waals surface area contributed by atoms with E-state index in [2.05, 4.69) is 27.4 Å². The lowest BCUT2D eigenvalue weighted by Gasteiger charge is -2.35. The molecule has 2 aromatic rings. The predicted molar refractivity (Wildman–Crippen MR) is 133 cm³/mol. The van der Waals surface area contributed by atoms with Crippen LogP contribution < -0.4 is 15.5 Å². The highest BCUT2D eigenvalue weighted by molar-refractivity contribution is 8.23. The Balaban J connectivity index is 1.80. The molecule has 10 nitrogen and oxygen atoms in total. The number of nitrogens with zero attached hydrogens (tertiary/aromatic N) is 4. The summed E-state index contributed by atoms with van der Waals surface area (Å²) in [7, 11) is 1.13. The molecule has 0 spiro atoms. The molecule has 0 radical (unpaired) electrons. The molecule has 0 bridgehead atoms. The summed E-state index contributed by atoms with van der Waals surface area (Å²) in [5, 5.41) is 5.62. The van der Waals surface area contributed by atoms with Gasteiger partial charge in [0.1, 0.15) is 5.82 Å². The van der Waals surface area contributed by atoms with Crippen LogP contribution in [0.15, 0.2) is 30.3 Å². The number of rotatable bonds is 8. The summed E-state index contributed by atoms with van der Waals surface area (Å²) >= 11 is 0. The Labute approximate surface area is 196 Å². The molecule has 11 heteroatoms. The van der Waals surface area contributed by atoms with Crippen LogP contribution in [-0.4, -0.2) is 89.2 Å². The first-order valence-electron chi connectivity index (χ1n) is 10.8. The number of morpholine rings is 1. The molecular weight excluding hydrogens is 444 g/mol. The van der Waals surface area contributed by atoms with E-state index in [4.69, 9.17) is 9.72 Å². The van der Waals surface area contributed by atoms with Crippen LogP contribution in [0, 0.1) is 0 Å². The molecule has 0 unspecified atom stereocenters. The molecule has 2 amide bonds. The second kappa shape index (κ2) is 11.1. The molecule has 0 aliphatic carbocycles. The van der Waals surface area contributed by atoms with Crippen molar-refractivity contribution >= 4 is 28.1 Å². The van der Waals surface area contributed by atoms with Crippen molar-refractivity contribution in [2.24, 2.45) is 0 Å². The van der Waals surface area contributed by atoms with Crippen molar-refractivity contribution < 1.29 is 18.6 Å². The van der Waals surface area contributed by atoms with E-state index in [9.17, 15) is 13.9 Å². The van der Waals surface area contributed by atoms with Gasteiger partial charge in [-0.1, -0.05) is 0 Å². The first-order valence-corrected chi connectivity index (χ1v) is 13.0. The lowest BCUT2D eigenvalue weighted by atomic mass is 10.2. The van der Waals surface area contributed by atoms with Crippen LogP contribution in [0.5, 0.6) is 0 Å². The Morgan fingerprint density at radius 3 is 2.64 bits per heavy atom. The fourth-order valence-electron chi connectivity index (χ4n) is 3.45. The van der Waals surface area contributed by atoms with Gasteiger partial charge in [0, 0.05) is 43.2 Å². The number of amides is 2. The second-order valence-corrected chi connectivity index (χ2v) is 10.8. The van der Waals surface area contributed by atoms with Crippen LogP contribution in [0.25, 0.3) is 11.4 Å². The fraction of sp³-hybridized carbons (Fsp3) is 0.500. The first-order chi connectivity index (χ1) is 15.6. The van der Waals surface area contributed by atoms with E-state index in [0.717, 1.165) is 17.9 Å². The van der Waals surface area contributed by atoms with Gasteiger partial charge >= 0.3 is 6.03 Å². The second-order valence-electron chi connectivity index (χ2n) is 8.56. The summed E-state index contributed by atoms with van der Waals surface area (Å²) in [6, 6.07) is 8.96. The molecule has 1 aromatic heterocycles. The van der Waals surface area contributed by atoms with Crippen molar-refractivity contribution in [3.63, 3.8) is 0 Å². The predicted octanol–water partition coefficient (Wildman–Crippen LogP) is 2.93. The van der Waals surface area contributed by atoms with Gasteiger partial charge in [-0.3, -0.25) is 9.11 Å². The van der Waals surface area contributed by atoms with Gasteiger partial charge in [0.05, 0.1) is 30.7 Å². The summed E-state index contributed by atoms with van der Waals surface area (Å²) in [5.41, 5.74) is 1.99. The zero-order valence-electron chi connectivity index (χ0n) is 19.6.